The van der Waals surface area contributed by atoms with Crippen molar-refractivity contribution in [2.45, 2.75) is 43.4 Å². The van der Waals surface area contributed by atoms with E-state index in [0.717, 1.165) is 0 Å². The van der Waals surface area contributed by atoms with Crippen LogP contribution in [0.25, 0.3) is 0 Å². The number of carboxylic acid groups (broad SMARTS) is 1. The predicted octanol–water partition coefficient (Wildman–Crippen LogP) is -1.000. The van der Waals surface area contributed by atoms with E-state index in [1.54, 1.807) is 11.8 Å². The number of aromatic nitrogens is 2. The third-order valence-corrected chi connectivity index (χ3v) is 5.62. The monoisotopic (exact) mass is 410 g/mol. The lowest BCUT2D eigenvalue weighted by Gasteiger charge is -2.51. The van der Waals surface area contributed by atoms with Crippen LogP contribution in [-0.2, 0) is 19.1 Å². The lowest BCUT2D eigenvalue weighted by atomic mass is 9.77. The molecule has 11 heteroatoms. The minimum Gasteiger partial charge on any atom is -0.480 e. The Morgan fingerprint density at radius 3 is 2.69 bits per heavy atom. The molecule has 0 radical (unpaired) electrons. The van der Waals surface area contributed by atoms with E-state index < -0.39 is 35.5 Å². The molecular formula is C18H26N4O7. The Kier molecular flexibility index (Phi) is 5.92. The molecule has 11 nitrogen and oxygen atoms in total. The standard InChI is InChI=1S/C18H26N4O7/c1-17(27)11-29-18(8-12(17)22-5-2-13(19)20-16(22)26)3-6-21(7-4-18)14(23)9-28-10-15(24)25/h2,5,12,27H,3-4,6-11H2,1H3,(H,24,25)(H2,19,20,26)/t12-,17-/m0/s1. The molecule has 2 saturated heterocycles. The average molecular weight is 410 g/mol. The molecule has 0 aliphatic carbocycles. The molecule has 1 aromatic rings. The largest absolute Gasteiger partial charge is 0.480 e. The van der Waals surface area contributed by atoms with Gasteiger partial charge in [0.2, 0.25) is 5.91 Å². The number of anilines is 1. The molecule has 3 heterocycles. The van der Waals surface area contributed by atoms with Crippen LogP contribution < -0.4 is 11.4 Å². The fraction of sp³-hybridized carbons (Fsp3) is 0.667. The maximum absolute atomic E-state index is 12.3. The van der Waals surface area contributed by atoms with E-state index >= 15 is 0 Å². The molecule has 2 atom stereocenters. The Balaban J connectivity index is 1.67. The number of nitrogens with two attached hydrogens (primary N) is 1. The molecule has 1 spiro atoms. The second-order valence-electron chi connectivity index (χ2n) is 7.86. The van der Waals surface area contributed by atoms with Crippen LogP contribution in [0.15, 0.2) is 17.1 Å². The van der Waals surface area contributed by atoms with Crippen molar-refractivity contribution in [1.29, 1.82) is 0 Å². The molecule has 0 aromatic carbocycles. The van der Waals surface area contributed by atoms with Gasteiger partial charge < -0.3 is 30.3 Å². The van der Waals surface area contributed by atoms with E-state index in [0.29, 0.717) is 32.4 Å². The molecule has 3 rings (SSSR count). The summed E-state index contributed by atoms with van der Waals surface area (Å²) in [4.78, 5) is 40.3. The van der Waals surface area contributed by atoms with Gasteiger partial charge in [-0.05, 0) is 25.8 Å². The molecule has 4 N–H and O–H groups in total. The van der Waals surface area contributed by atoms with Crippen molar-refractivity contribution in [3.8, 4) is 0 Å². The number of carbonyl (C=O) groups excluding carboxylic acids is 1. The van der Waals surface area contributed by atoms with Crippen molar-refractivity contribution < 1.29 is 29.3 Å². The first kappa shape index (κ1) is 21.2. The molecule has 29 heavy (non-hydrogen) atoms. The van der Waals surface area contributed by atoms with Gasteiger partial charge in [0.1, 0.15) is 24.6 Å². The number of rotatable bonds is 5. The van der Waals surface area contributed by atoms with Crippen LogP contribution in [0, 0.1) is 0 Å². The number of amides is 1. The van der Waals surface area contributed by atoms with E-state index in [9.17, 15) is 19.5 Å². The predicted molar refractivity (Wildman–Crippen MR) is 100 cm³/mol. The Morgan fingerprint density at radius 2 is 2.07 bits per heavy atom. The molecule has 0 saturated carbocycles. The summed E-state index contributed by atoms with van der Waals surface area (Å²) in [6.45, 7) is 1.69. The van der Waals surface area contributed by atoms with Gasteiger partial charge in [-0.25, -0.2) is 9.59 Å². The van der Waals surface area contributed by atoms with Crippen LogP contribution in [0.3, 0.4) is 0 Å². The van der Waals surface area contributed by atoms with Crippen molar-refractivity contribution >= 4 is 17.7 Å². The van der Waals surface area contributed by atoms with Crippen molar-refractivity contribution in [2.75, 3.05) is 38.6 Å². The van der Waals surface area contributed by atoms with E-state index in [4.69, 9.17) is 20.3 Å². The molecule has 0 unspecified atom stereocenters. The maximum atomic E-state index is 12.3. The van der Waals surface area contributed by atoms with Crippen molar-refractivity contribution in [1.82, 2.24) is 14.5 Å². The number of aliphatic hydroxyl groups is 1. The van der Waals surface area contributed by atoms with Crippen LogP contribution in [-0.4, -0.2) is 80.7 Å². The molecule has 2 aliphatic heterocycles. The number of hydrogen-bond acceptors (Lipinski definition) is 8. The summed E-state index contributed by atoms with van der Waals surface area (Å²) in [5.41, 5.74) is 3.20. The SMILES string of the molecule is C[C@]1(O)COC2(CCN(C(=O)COCC(=O)O)CC2)C[C@@H]1n1ccc(N)nc1=O. The van der Waals surface area contributed by atoms with Crippen molar-refractivity contribution in [3.05, 3.63) is 22.7 Å². The van der Waals surface area contributed by atoms with Crippen LogP contribution in [0.5, 0.6) is 0 Å². The fourth-order valence-electron chi connectivity index (χ4n) is 3.92. The fourth-order valence-corrected chi connectivity index (χ4v) is 3.92. The quantitative estimate of drug-likeness (QED) is 0.554. The van der Waals surface area contributed by atoms with Crippen LogP contribution in [0.1, 0.15) is 32.2 Å². The van der Waals surface area contributed by atoms with Crippen molar-refractivity contribution in [2.24, 2.45) is 0 Å². The topological polar surface area (TPSA) is 157 Å². The van der Waals surface area contributed by atoms with Crippen molar-refractivity contribution in [3.63, 3.8) is 0 Å². The number of nitrogens with zero attached hydrogens (tertiary/aromatic N) is 3. The van der Waals surface area contributed by atoms with E-state index in [1.165, 1.54) is 16.8 Å². The number of nitrogen functional groups attached to an aromatic ring is 1. The Labute approximate surface area is 167 Å². The van der Waals surface area contributed by atoms with Gasteiger partial charge in [-0.15, -0.1) is 0 Å². The smallest absolute Gasteiger partial charge is 0.349 e. The number of hydrogen-bond donors (Lipinski definition) is 3. The maximum Gasteiger partial charge on any atom is 0.349 e. The number of carbonyl (C=O) groups is 2. The van der Waals surface area contributed by atoms with Gasteiger partial charge in [-0.3, -0.25) is 9.36 Å². The Bertz CT molecular complexity index is 830. The number of aliphatic carboxylic acids is 1. The number of ether oxygens (including phenoxy) is 2. The lowest BCUT2D eigenvalue weighted by molar-refractivity contribution is -0.202. The minimum absolute atomic E-state index is 0.0458. The molecular weight excluding hydrogens is 384 g/mol. The summed E-state index contributed by atoms with van der Waals surface area (Å²) in [5, 5.41) is 19.4. The van der Waals surface area contributed by atoms with Gasteiger partial charge in [0.15, 0.2) is 0 Å². The second-order valence-corrected chi connectivity index (χ2v) is 7.86. The van der Waals surface area contributed by atoms with Gasteiger partial charge >= 0.3 is 11.7 Å². The molecule has 2 aliphatic rings. The average Bonchev–Trinajstić information content (AvgIpc) is 2.65. The van der Waals surface area contributed by atoms with E-state index in [1.807, 2.05) is 0 Å². The second kappa shape index (κ2) is 8.09. The summed E-state index contributed by atoms with van der Waals surface area (Å²) in [7, 11) is 0. The molecule has 1 aromatic heterocycles. The summed E-state index contributed by atoms with van der Waals surface area (Å²) in [5.74, 6) is -1.29. The number of piperidine rings is 1. The van der Waals surface area contributed by atoms with Gasteiger partial charge in [0, 0.05) is 25.7 Å². The summed E-state index contributed by atoms with van der Waals surface area (Å²) in [6.07, 6.45) is 2.98. The zero-order valence-electron chi connectivity index (χ0n) is 16.2. The van der Waals surface area contributed by atoms with Crippen LogP contribution in [0.2, 0.25) is 0 Å². The highest BCUT2D eigenvalue weighted by molar-refractivity contribution is 5.78. The highest BCUT2D eigenvalue weighted by Crippen LogP contribution is 2.43. The van der Waals surface area contributed by atoms with Gasteiger partial charge in [-0.2, -0.15) is 4.98 Å². The highest BCUT2D eigenvalue weighted by Gasteiger charge is 2.49. The molecule has 2 fully saturated rings. The first-order chi connectivity index (χ1) is 13.6. The normalized spacial score (nSPS) is 26.4. The first-order valence-electron chi connectivity index (χ1n) is 9.40. The summed E-state index contributed by atoms with van der Waals surface area (Å²) < 4.78 is 12.3. The Morgan fingerprint density at radius 1 is 1.38 bits per heavy atom. The van der Waals surface area contributed by atoms with Crippen LogP contribution >= 0.6 is 0 Å². The van der Waals surface area contributed by atoms with Gasteiger partial charge in [0.05, 0.1) is 18.2 Å². The molecule has 1 amide bonds. The Hall–Kier alpha value is -2.50. The zero-order chi connectivity index (χ0) is 21.2. The van der Waals surface area contributed by atoms with Gasteiger partial charge in [0.25, 0.3) is 0 Å². The minimum atomic E-state index is -1.26. The number of carboxylic acids is 1. The third-order valence-electron chi connectivity index (χ3n) is 5.62. The zero-order valence-corrected chi connectivity index (χ0v) is 16.2. The first-order valence-corrected chi connectivity index (χ1v) is 9.40. The van der Waals surface area contributed by atoms with Gasteiger partial charge in [-0.1, -0.05) is 0 Å². The van der Waals surface area contributed by atoms with Crippen LogP contribution in [0.4, 0.5) is 5.82 Å². The summed E-state index contributed by atoms with van der Waals surface area (Å²) in [6, 6.07) is 0.968. The molecule has 160 valence electrons. The summed E-state index contributed by atoms with van der Waals surface area (Å²) >= 11 is 0. The third kappa shape index (κ3) is 4.74. The van der Waals surface area contributed by atoms with E-state index in [2.05, 4.69) is 4.98 Å². The van der Waals surface area contributed by atoms with E-state index in [-0.39, 0.29) is 24.9 Å². The highest BCUT2D eigenvalue weighted by atomic mass is 16.5. The molecule has 0 bridgehead atoms. The lowest BCUT2D eigenvalue weighted by Crippen LogP contribution is -2.58. The number of likely N-dealkylation sites (tertiary alicyclic amines) is 1.